The van der Waals surface area contributed by atoms with Gasteiger partial charge >= 0.3 is 0 Å². The maximum absolute atomic E-state index is 2.53. The van der Waals surface area contributed by atoms with Crippen molar-refractivity contribution in [1.82, 2.24) is 0 Å². The number of benzene rings is 10. The van der Waals surface area contributed by atoms with E-state index in [0.717, 1.165) is 17.1 Å². The van der Waals surface area contributed by atoms with Crippen LogP contribution in [0.25, 0.3) is 45.5 Å². The Morgan fingerprint density at radius 1 is 0.265 bits per heavy atom. The number of rotatable bonds is 5. The molecule has 0 heterocycles. The van der Waals surface area contributed by atoms with Crippen molar-refractivity contribution in [3.63, 3.8) is 0 Å². The SMILES string of the molecule is CC1(C)c2cc(C=Cc3ccc4c(c3)C3(c5ccccc5-c5ccccc53)c3ccccc3C43c4ccccc4-c4ccccc43)ccc2-c2ccc(N(c3ccccc3)c3ccccc3)cc21. The highest BCUT2D eigenvalue weighted by atomic mass is 15.1. The van der Waals surface area contributed by atoms with Crippen molar-refractivity contribution in [2.45, 2.75) is 30.1 Å². The van der Waals surface area contributed by atoms with Crippen LogP contribution in [0.5, 0.6) is 0 Å². The fourth-order valence-electron chi connectivity index (χ4n) is 13.1. The van der Waals surface area contributed by atoms with Gasteiger partial charge in [0.1, 0.15) is 0 Å². The highest BCUT2D eigenvalue weighted by Crippen LogP contribution is 2.67. The van der Waals surface area contributed by atoms with Crippen LogP contribution in [-0.2, 0) is 16.2 Å². The monoisotopic (exact) mass is 865 g/mol. The van der Waals surface area contributed by atoms with Gasteiger partial charge in [-0.1, -0.05) is 220 Å². The molecular weight excluding hydrogens is 819 g/mol. The minimum Gasteiger partial charge on any atom is -0.310 e. The van der Waals surface area contributed by atoms with Gasteiger partial charge in [-0.25, -0.2) is 0 Å². The summed E-state index contributed by atoms with van der Waals surface area (Å²) in [5.74, 6) is 0. The van der Waals surface area contributed by atoms with Crippen LogP contribution in [0.15, 0.2) is 237 Å². The molecule has 14 rings (SSSR count). The third-order valence-electron chi connectivity index (χ3n) is 15.9. The van der Waals surface area contributed by atoms with Gasteiger partial charge in [0, 0.05) is 22.5 Å². The number of fused-ring (bicyclic) bond motifs is 19. The predicted octanol–water partition coefficient (Wildman–Crippen LogP) is 16.7. The van der Waals surface area contributed by atoms with Gasteiger partial charge in [-0.3, -0.25) is 0 Å². The molecule has 68 heavy (non-hydrogen) atoms. The van der Waals surface area contributed by atoms with Gasteiger partial charge < -0.3 is 4.90 Å². The minimum atomic E-state index is -0.514. The van der Waals surface area contributed by atoms with E-state index < -0.39 is 10.8 Å². The molecule has 0 amide bonds. The fraction of sp³-hybridized carbons (Fsp3) is 0.0746. The van der Waals surface area contributed by atoms with Gasteiger partial charge in [-0.15, -0.1) is 0 Å². The Hall–Kier alpha value is -8.26. The number of nitrogens with zero attached hydrogens (tertiary/aromatic N) is 1. The van der Waals surface area contributed by atoms with Crippen LogP contribution in [0.2, 0.25) is 0 Å². The van der Waals surface area contributed by atoms with E-state index in [1.54, 1.807) is 0 Å². The van der Waals surface area contributed by atoms with Crippen LogP contribution in [0.4, 0.5) is 17.1 Å². The molecule has 0 aromatic heterocycles. The summed E-state index contributed by atoms with van der Waals surface area (Å²) in [6, 6.07) is 88.9. The Labute approximate surface area is 399 Å². The second-order valence-corrected chi connectivity index (χ2v) is 19.5. The molecule has 0 atom stereocenters. The first-order chi connectivity index (χ1) is 33.5. The molecule has 0 N–H and O–H groups in total. The van der Waals surface area contributed by atoms with Gasteiger partial charge in [-0.2, -0.15) is 0 Å². The van der Waals surface area contributed by atoms with Crippen LogP contribution < -0.4 is 4.90 Å². The maximum atomic E-state index is 2.53. The third kappa shape index (κ3) is 5.11. The van der Waals surface area contributed by atoms with Crippen molar-refractivity contribution >= 4 is 29.2 Å². The summed E-state index contributed by atoms with van der Waals surface area (Å²) in [6.07, 6.45) is 4.67. The second-order valence-electron chi connectivity index (χ2n) is 19.5. The smallest absolute Gasteiger partial charge is 0.0720 e. The summed E-state index contributed by atoms with van der Waals surface area (Å²) in [5, 5.41) is 0. The lowest BCUT2D eigenvalue weighted by molar-refractivity contribution is 0.632. The molecule has 1 nitrogen and oxygen atoms in total. The minimum absolute atomic E-state index is 0.194. The number of hydrogen-bond acceptors (Lipinski definition) is 1. The van der Waals surface area contributed by atoms with E-state index in [9.17, 15) is 0 Å². The topological polar surface area (TPSA) is 3.24 Å². The van der Waals surface area contributed by atoms with Crippen LogP contribution in [0.3, 0.4) is 0 Å². The van der Waals surface area contributed by atoms with E-state index in [1.807, 2.05) is 0 Å². The Morgan fingerprint density at radius 3 is 1.09 bits per heavy atom. The standard InChI is InChI=1S/C67H47N/c1-65(2)62-41-44(35-38-53(62)54-39-37-48(43-63(54)65)68(46-19-5-3-6-20-46)47-21-7-4-8-22-47)33-34-45-36-40-61-64(42-45)67(57-29-15-11-25-51(57)52-26-12-16-30-58(52)67)60-32-18-17-31-59(60)66(61)55-27-13-9-23-49(55)50-24-10-14-28-56(50)66/h3-43H,1-2H3. The molecule has 0 aliphatic heterocycles. The molecule has 0 saturated heterocycles. The lowest BCUT2D eigenvalue weighted by Crippen LogP contribution is -2.43. The molecule has 0 unspecified atom stereocenters. The van der Waals surface area contributed by atoms with E-state index in [1.165, 1.54) is 100 Å². The largest absolute Gasteiger partial charge is 0.310 e. The first-order valence-corrected chi connectivity index (χ1v) is 24.0. The predicted molar refractivity (Wildman–Crippen MR) is 282 cm³/mol. The van der Waals surface area contributed by atoms with Gasteiger partial charge in [0.2, 0.25) is 0 Å². The molecule has 2 spiro atoms. The van der Waals surface area contributed by atoms with E-state index in [-0.39, 0.29) is 5.41 Å². The Morgan fingerprint density at radius 2 is 0.603 bits per heavy atom. The second kappa shape index (κ2) is 14.4. The average molecular weight is 866 g/mol. The summed E-state index contributed by atoms with van der Waals surface area (Å²) in [7, 11) is 0. The van der Waals surface area contributed by atoms with Crippen molar-refractivity contribution in [3.8, 4) is 33.4 Å². The molecule has 10 aromatic rings. The number of hydrogen-bond donors (Lipinski definition) is 0. The van der Waals surface area contributed by atoms with Crippen LogP contribution in [-0.4, -0.2) is 0 Å². The van der Waals surface area contributed by atoms with Crippen molar-refractivity contribution in [2.24, 2.45) is 0 Å². The molecule has 0 bridgehead atoms. The molecule has 4 aliphatic carbocycles. The van der Waals surface area contributed by atoms with Crippen LogP contribution in [0.1, 0.15) is 80.6 Å². The van der Waals surface area contributed by atoms with Crippen molar-refractivity contribution in [3.05, 3.63) is 303 Å². The molecule has 0 radical (unpaired) electrons. The average Bonchev–Trinajstić information content (AvgIpc) is 3.95. The zero-order valence-electron chi connectivity index (χ0n) is 38.1. The fourth-order valence-corrected chi connectivity index (χ4v) is 13.1. The van der Waals surface area contributed by atoms with Crippen molar-refractivity contribution < 1.29 is 0 Å². The summed E-state index contributed by atoms with van der Waals surface area (Å²) < 4.78 is 0. The third-order valence-corrected chi connectivity index (χ3v) is 15.9. The first-order valence-electron chi connectivity index (χ1n) is 24.0. The quantitative estimate of drug-likeness (QED) is 0.156. The van der Waals surface area contributed by atoms with Crippen molar-refractivity contribution in [1.29, 1.82) is 0 Å². The van der Waals surface area contributed by atoms with Crippen LogP contribution >= 0.6 is 0 Å². The lowest BCUT2D eigenvalue weighted by atomic mass is 9.52. The lowest BCUT2D eigenvalue weighted by Gasteiger charge is -2.49. The molecule has 0 fully saturated rings. The molecule has 4 aliphatic rings. The van der Waals surface area contributed by atoms with E-state index in [2.05, 4.69) is 267 Å². The van der Waals surface area contributed by atoms with Crippen LogP contribution in [0, 0.1) is 0 Å². The summed E-state index contributed by atoms with van der Waals surface area (Å²) in [4.78, 5) is 2.36. The zero-order chi connectivity index (χ0) is 45.2. The van der Waals surface area contributed by atoms with Gasteiger partial charge in [0.25, 0.3) is 0 Å². The van der Waals surface area contributed by atoms with E-state index >= 15 is 0 Å². The first kappa shape index (κ1) is 39.0. The molecule has 320 valence electrons. The summed E-state index contributed by atoms with van der Waals surface area (Å²) >= 11 is 0. The summed E-state index contributed by atoms with van der Waals surface area (Å²) in [6.45, 7) is 4.77. The molecule has 1 heteroatoms. The van der Waals surface area contributed by atoms with E-state index in [4.69, 9.17) is 0 Å². The Balaban J connectivity index is 0.922. The molecule has 10 aromatic carbocycles. The molecular formula is C67H47N. The Kier molecular flexibility index (Phi) is 8.23. The number of para-hydroxylation sites is 2. The highest BCUT2D eigenvalue weighted by Gasteiger charge is 2.58. The maximum Gasteiger partial charge on any atom is 0.0720 e. The zero-order valence-corrected chi connectivity index (χ0v) is 38.1. The van der Waals surface area contributed by atoms with Gasteiger partial charge in [0.05, 0.1) is 10.8 Å². The molecule has 0 saturated carbocycles. The van der Waals surface area contributed by atoms with Gasteiger partial charge in [-0.05, 0) is 143 Å². The van der Waals surface area contributed by atoms with E-state index in [0.29, 0.717) is 0 Å². The normalized spacial score (nSPS) is 15.2. The number of anilines is 3. The van der Waals surface area contributed by atoms with Gasteiger partial charge in [0.15, 0.2) is 0 Å². The highest BCUT2D eigenvalue weighted by molar-refractivity contribution is 5.94. The van der Waals surface area contributed by atoms with Crippen molar-refractivity contribution in [2.75, 3.05) is 4.90 Å². The Bertz CT molecular complexity index is 3590. The summed E-state index contributed by atoms with van der Waals surface area (Å²) in [5.41, 5.74) is 26.1.